The van der Waals surface area contributed by atoms with E-state index in [0.717, 1.165) is 16.7 Å². The van der Waals surface area contributed by atoms with Crippen LogP contribution in [0.4, 0.5) is 0 Å². The van der Waals surface area contributed by atoms with E-state index in [-0.39, 0.29) is 0 Å². The third-order valence-electron chi connectivity index (χ3n) is 3.20. The van der Waals surface area contributed by atoms with Crippen LogP contribution in [0.15, 0.2) is 64.7 Å². The molecular weight excluding hydrogens is 270 g/mol. The number of aryl methyl sites for hydroxylation is 1. The lowest BCUT2D eigenvalue weighted by atomic mass is 10.1. The second kappa shape index (κ2) is 7.70. The van der Waals surface area contributed by atoms with E-state index in [1.165, 1.54) is 5.56 Å². The van der Waals surface area contributed by atoms with Crippen LogP contribution in [0.25, 0.3) is 5.57 Å². The van der Waals surface area contributed by atoms with Crippen LogP contribution < -0.4 is 0 Å². The zero-order chi connectivity index (χ0) is 15.8. The van der Waals surface area contributed by atoms with Crippen molar-refractivity contribution in [2.24, 2.45) is 9.98 Å². The van der Waals surface area contributed by atoms with Gasteiger partial charge in [0.05, 0.1) is 18.2 Å². The topological polar surface area (TPSA) is 48.5 Å². The molecule has 2 rings (SSSR count). The van der Waals surface area contributed by atoms with Gasteiger partial charge in [0, 0.05) is 18.0 Å². The number of nitrogens with zero attached hydrogens (tertiary/aromatic N) is 3. The molecule has 0 aromatic heterocycles. The van der Waals surface area contributed by atoms with Crippen molar-refractivity contribution < 1.29 is 0 Å². The molecule has 108 valence electrons. The maximum Gasteiger partial charge on any atom is 0.0991 e. The highest BCUT2D eigenvalue weighted by Gasteiger charge is 1.98. The van der Waals surface area contributed by atoms with Gasteiger partial charge in [0.25, 0.3) is 0 Å². The SMILES string of the molecule is C=N/C=C(\C=NCc1ccc(C#N)cc1)c1ccc(C)cc1. The van der Waals surface area contributed by atoms with Gasteiger partial charge in [-0.1, -0.05) is 42.0 Å². The molecule has 0 heterocycles. The molecule has 0 aliphatic rings. The fourth-order valence-electron chi connectivity index (χ4n) is 1.96. The van der Waals surface area contributed by atoms with Gasteiger partial charge in [0.2, 0.25) is 0 Å². The lowest BCUT2D eigenvalue weighted by Crippen LogP contribution is -1.88. The first-order chi connectivity index (χ1) is 10.7. The second-order valence-electron chi connectivity index (χ2n) is 4.91. The molecule has 0 radical (unpaired) electrons. The molecule has 0 spiro atoms. The molecule has 3 nitrogen and oxygen atoms in total. The zero-order valence-electron chi connectivity index (χ0n) is 12.5. The number of nitriles is 1. The molecule has 0 N–H and O–H groups in total. The molecule has 2 aromatic carbocycles. The van der Waals surface area contributed by atoms with Gasteiger partial charge in [0.15, 0.2) is 0 Å². The summed E-state index contributed by atoms with van der Waals surface area (Å²) in [6, 6.07) is 17.7. The fraction of sp³-hybridized carbons (Fsp3) is 0.105. The predicted octanol–water partition coefficient (Wildman–Crippen LogP) is 4.18. The molecule has 0 fully saturated rings. The van der Waals surface area contributed by atoms with E-state index in [1.807, 2.05) is 24.3 Å². The number of hydrogen-bond donors (Lipinski definition) is 0. The minimum atomic E-state index is 0.562. The van der Waals surface area contributed by atoms with Gasteiger partial charge in [-0.2, -0.15) is 5.26 Å². The molecule has 0 aliphatic carbocycles. The van der Waals surface area contributed by atoms with E-state index in [2.05, 4.69) is 41.8 Å². The van der Waals surface area contributed by atoms with Crippen molar-refractivity contribution in [2.45, 2.75) is 13.5 Å². The molecule has 0 saturated heterocycles. The summed E-state index contributed by atoms with van der Waals surface area (Å²) in [6.07, 6.45) is 3.50. The Balaban J connectivity index is 2.10. The van der Waals surface area contributed by atoms with Gasteiger partial charge in [-0.15, -0.1) is 0 Å². The van der Waals surface area contributed by atoms with Crippen molar-refractivity contribution in [3.63, 3.8) is 0 Å². The smallest absolute Gasteiger partial charge is 0.0991 e. The standard InChI is InChI=1S/C19H17N3/c1-15-3-9-18(10-4-15)19(13-21-2)14-22-12-17-7-5-16(11-20)6-8-17/h3-10,13-14H,2,12H2,1H3/b19-13+,22-14?. The average Bonchev–Trinajstić information content (AvgIpc) is 2.55. The minimum absolute atomic E-state index is 0.562. The third-order valence-corrected chi connectivity index (χ3v) is 3.20. The number of benzene rings is 2. The highest BCUT2D eigenvalue weighted by molar-refractivity contribution is 6.09. The highest BCUT2D eigenvalue weighted by atomic mass is 14.7. The Bertz CT molecular complexity index is 730. The Labute approximate surface area is 131 Å². The third kappa shape index (κ3) is 4.26. The largest absolute Gasteiger partial charge is 0.288 e. The van der Waals surface area contributed by atoms with Crippen molar-refractivity contribution in [2.75, 3.05) is 0 Å². The molecule has 0 amide bonds. The van der Waals surface area contributed by atoms with Crippen molar-refractivity contribution >= 4 is 18.5 Å². The lowest BCUT2D eigenvalue weighted by Gasteiger charge is -2.02. The lowest BCUT2D eigenvalue weighted by molar-refractivity contribution is 1.08. The fourth-order valence-corrected chi connectivity index (χ4v) is 1.96. The van der Waals surface area contributed by atoms with E-state index < -0.39 is 0 Å². The molecule has 0 unspecified atom stereocenters. The van der Waals surface area contributed by atoms with Gasteiger partial charge in [0.1, 0.15) is 0 Å². The van der Waals surface area contributed by atoms with Crippen LogP contribution in [0.3, 0.4) is 0 Å². The second-order valence-corrected chi connectivity index (χ2v) is 4.91. The molecule has 0 bridgehead atoms. The van der Waals surface area contributed by atoms with Crippen LogP contribution in [-0.4, -0.2) is 12.9 Å². The Morgan fingerprint density at radius 3 is 2.41 bits per heavy atom. The molecule has 0 aliphatic heterocycles. The predicted molar refractivity (Wildman–Crippen MR) is 92.1 cm³/mol. The summed E-state index contributed by atoms with van der Waals surface area (Å²) in [4.78, 5) is 8.29. The van der Waals surface area contributed by atoms with E-state index in [9.17, 15) is 0 Å². The van der Waals surface area contributed by atoms with Crippen LogP contribution in [0, 0.1) is 18.3 Å². The summed E-state index contributed by atoms with van der Waals surface area (Å²) in [7, 11) is 0. The molecule has 2 aromatic rings. The molecule has 0 saturated carbocycles. The molecule has 0 atom stereocenters. The monoisotopic (exact) mass is 287 g/mol. The quantitative estimate of drug-likeness (QED) is 0.761. The number of aliphatic imine (C=N–C) groups is 2. The Hall–Kier alpha value is -2.99. The summed E-state index contributed by atoms with van der Waals surface area (Å²) in [6.45, 7) is 6.13. The maximum absolute atomic E-state index is 8.78. The van der Waals surface area contributed by atoms with Gasteiger partial charge in [-0.05, 0) is 36.9 Å². The number of allylic oxidation sites excluding steroid dienone is 1. The summed E-state index contributed by atoms with van der Waals surface area (Å²) in [5.41, 5.74) is 4.91. The Morgan fingerprint density at radius 1 is 1.14 bits per heavy atom. The number of hydrogen-bond acceptors (Lipinski definition) is 3. The highest BCUT2D eigenvalue weighted by Crippen LogP contribution is 2.14. The summed E-state index contributed by atoms with van der Waals surface area (Å²) in [5.74, 6) is 0. The van der Waals surface area contributed by atoms with E-state index in [4.69, 9.17) is 5.26 Å². The Kier molecular flexibility index (Phi) is 5.39. The summed E-state index contributed by atoms with van der Waals surface area (Å²) in [5, 5.41) is 8.78. The van der Waals surface area contributed by atoms with E-state index in [1.54, 1.807) is 24.5 Å². The van der Waals surface area contributed by atoms with Crippen LogP contribution >= 0.6 is 0 Å². The van der Waals surface area contributed by atoms with Gasteiger partial charge >= 0.3 is 0 Å². The Morgan fingerprint density at radius 2 is 1.82 bits per heavy atom. The summed E-state index contributed by atoms with van der Waals surface area (Å²) < 4.78 is 0. The average molecular weight is 287 g/mol. The summed E-state index contributed by atoms with van der Waals surface area (Å²) >= 11 is 0. The van der Waals surface area contributed by atoms with E-state index >= 15 is 0 Å². The van der Waals surface area contributed by atoms with Crippen molar-refractivity contribution in [3.8, 4) is 6.07 Å². The minimum Gasteiger partial charge on any atom is -0.288 e. The normalized spacial score (nSPS) is 11.4. The first-order valence-electron chi connectivity index (χ1n) is 6.95. The van der Waals surface area contributed by atoms with Crippen LogP contribution in [0.2, 0.25) is 0 Å². The van der Waals surface area contributed by atoms with Gasteiger partial charge in [-0.3, -0.25) is 9.98 Å². The van der Waals surface area contributed by atoms with Crippen molar-refractivity contribution in [3.05, 3.63) is 77.0 Å². The van der Waals surface area contributed by atoms with Crippen LogP contribution in [-0.2, 0) is 6.54 Å². The van der Waals surface area contributed by atoms with Gasteiger partial charge < -0.3 is 0 Å². The number of rotatable bonds is 5. The van der Waals surface area contributed by atoms with Crippen LogP contribution in [0.1, 0.15) is 22.3 Å². The van der Waals surface area contributed by atoms with E-state index in [0.29, 0.717) is 12.1 Å². The van der Waals surface area contributed by atoms with Crippen molar-refractivity contribution in [1.29, 1.82) is 5.26 Å². The molecule has 3 heteroatoms. The first kappa shape index (κ1) is 15.4. The first-order valence-corrected chi connectivity index (χ1v) is 6.95. The van der Waals surface area contributed by atoms with Crippen molar-refractivity contribution in [1.82, 2.24) is 0 Å². The van der Waals surface area contributed by atoms with Crippen LogP contribution in [0.5, 0.6) is 0 Å². The maximum atomic E-state index is 8.78. The zero-order valence-corrected chi connectivity index (χ0v) is 12.5. The molecule has 22 heavy (non-hydrogen) atoms. The van der Waals surface area contributed by atoms with Gasteiger partial charge in [-0.25, -0.2) is 0 Å². The molecular formula is C19H17N3.